The highest BCUT2D eigenvalue weighted by Gasteiger charge is 2.31. The van der Waals surface area contributed by atoms with Gasteiger partial charge in [0.25, 0.3) is 5.91 Å². The van der Waals surface area contributed by atoms with Gasteiger partial charge in [0.05, 0.1) is 11.1 Å². The van der Waals surface area contributed by atoms with E-state index in [9.17, 15) is 18.0 Å². The third kappa shape index (κ3) is 2.96. The Morgan fingerprint density at radius 2 is 2.12 bits per heavy atom. The maximum absolute atomic E-state index is 12.9. The van der Waals surface area contributed by atoms with Crippen molar-refractivity contribution in [2.45, 2.75) is 25.4 Å². The standard InChI is InChI=1S/C16H12F3N5OS/c17-16(18,19)9-3-1-4-10(7-9)21-14(25)13-11-5-2-6-12(11)26-15(13)24-8-20-22-23-24/h1,3-4,7-8H,2,5-6H2,(H,21,25). The second kappa shape index (κ2) is 6.20. The lowest BCUT2D eigenvalue weighted by Crippen LogP contribution is -2.16. The highest BCUT2D eigenvalue weighted by molar-refractivity contribution is 7.15. The van der Waals surface area contributed by atoms with E-state index < -0.39 is 17.6 Å². The molecule has 0 spiro atoms. The fourth-order valence-corrected chi connectivity index (χ4v) is 4.31. The predicted octanol–water partition coefficient (Wildman–Crippen LogP) is 3.48. The lowest BCUT2D eigenvalue weighted by molar-refractivity contribution is -0.137. The zero-order chi connectivity index (χ0) is 18.3. The summed E-state index contributed by atoms with van der Waals surface area (Å²) in [5, 5.41) is 14.2. The average molecular weight is 379 g/mol. The molecule has 2 aromatic heterocycles. The zero-order valence-corrected chi connectivity index (χ0v) is 14.1. The van der Waals surface area contributed by atoms with Crippen molar-refractivity contribution in [1.82, 2.24) is 20.2 Å². The second-order valence-corrected chi connectivity index (χ2v) is 6.91. The first-order chi connectivity index (χ1) is 12.4. The molecule has 0 saturated heterocycles. The molecular weight excluding hydrogens is 367 g/mol. The Morgan fingerprint density at radius 1 is 1.27 bits per heavy atom. The van der Waals surface area contributed by atoms with E-state index in [4.69, 9.17) is 0 Å². The minimum Gasteiger partial charge on any atom is -0.322 e. The van der Waals surface area contributed by atoms with Gasteiger partial charge in [-0.2, -0.15) is 17.9 Å². The Kier molecular flexibility index (Phi) is 3.98. The maximum Gasteiger partial charge on any atom is 0.416 e. The molecule has 1 aliphatic carbocycles. The summed E-state index contributed by atoms with van der Waals surface area (Å²) < 4.78 is 40.0. The number of tetrazole rings is 1. The van der Waals surface area contributed by atoms with Crippen molar-refractivity contribution in [3.63, 3.8) is 0 Å². The van der Waals surface area contributed by atoms with Crippen molar-refractivity contribution < 1.29 is 18.0 Å². The molecule has 1 N–H and O–H groups in total. The van der Waals surface area contributed by atoms with E-state index in [1.54, 1.807) is 0 Å². The van der Waals surface area contributed by atoms with Gasteiger partial charge < -0.3 is 5.32 Å². The van der Waals surface area contributed by atoms with Crippen LogP contribution in [0.5, 0.6) is 0 Å². The third-order valence-corrected chi connectivity index (χ3v) is 5.42. The SMILES string of the molecule is O=C(Nc1cccc(C(F)(F)F)c1)c1c(-n2cnnn2)sc2c1CCC2. The van der Waals surface area contributed by atoms with Crippen LogP contribution in [0.1, 0.15) is 32.8 Å². The summed E-state index contributed by atoms with van der Waals surface area (Å²) >= 11 is 1.43. The van der Waals surface area contributed by atoms with E-state index in [0.717, 1.165) is 41.8 Å². The molecule has 26 heavy (non-hydrogen) atoms. The van der Waals surface area contributed by atoms with E-state index in [-0.39, 0.29) is 5.69 Å². The normalized spacial score (nSPS) is 13.7. The molecule has 0 saturated carbocycles. The monoisotopic (exact) mass is 379 g/mol. The number of aromatic nitrogens is 4. The molecule has 10 heteroatoms. The molecule has 1 aliphatic rings. The van der Waals surface area contributed by atoms with Gasteiger partial charge >= 0.3 is 6.18 Å². The molecule has 0 radical (unpaired) electrons. The summed E-state index contributed by atoms with van der Waals surface area (Å²) in [4.78, 5) is 13.9. The number of anilines is 1. The number of halogens is 3. The maximum atomic E-state index is 12.9. The van der Waals surface area contributed by atoms with Gasteiger partial charge in [-0.05, 0) is 53.5 Å². The second-order valence-electron chi connectivity index (χ2n) is 5.82. The number of hydrogen-bond donors (Lipinski definition) is 1. The van der Waals surface area contributed by atoms with E-state index in [1.165, 1.54) is 34.5 Å². The molecule has 4 rings (SSSR count). The van der Waals surface area contributed by atoms with Gasteiger partial charge in [-0.3, -0.25) is 4.79 Å². The summed E-state index contributed by atoms with van der Waals surface area (Å²) in [6.07, 6.45) is -0.518. The van der Waals surface area contributed by atoms with E-state index in [0.29, 0.717) is 10.6 Å². The van der Waals surface area contributed by atoms with Crippen LogP contribution in [0.3, 0.4) is 0 Å². The summed E-state index contributed by atoms with van der Waals surface area (Å²) in [6, 6.07) is 4.57. The summed E-state index contributed by atoms with van der Waals surface area (Å²) in [5.41, 5.74) is 0.620. The highest BCUT2D eigenvalue weighted by Crippen LogP contribution is 2.38. The number of hydrogen-bond acceptors (Lipinski definition) is 5. The Balaban J connectivity index is 1.69. The highest BCUT2D eigenvalue weighted by atomic mass is 32.1. The van der Waals surface area contributed by atoms with Crippen LogP contribution in [-0.4, -0.2) is 26.1 Å². The minimum atomic E-state index is -4.47. The van der Waals surface area contributed by atoms with Gasteiger partial charge in [-0.1, -0.05) is 6.07 Å². The topological polar surface area (TPSA) is 72.7 Å². The number of benzene rings is 1. The lowest BCUT2D eigenvalue weighted by Gasteiger charge is -2.11. The first-order valence-electron chi connectivity index (χ1n) is 7.80. The molecule has 1 aromatic carbocycles. The molecule has 6 nitrogen and oxygen atoms in total. The number of fused-ring (bicyclic) bond motifs is 1. The molecule has 1 amide bonds. The Hall–Kier alpha value is -2.75. The first kappa shape index (κ1) is 16.7. The number of carbonyl (C=O) groups is 1. The number of rotatable bonds is 3. The van der Waals surface area contributed by atoms with E-state index in [1.807, 2.05) is 0 Å². The summed E-state index contributed by atoms with van der Waals surface area (Å²) in [6.45, 7) is 0. The van der Waals surface area contributed by atoms with Gasteiger partial charge in [-0.25, -0.2) is 0 Å². The third-order valence-electron chi connectivity index (χ3n) is 4.13. The molecule has 0 unspecified atom stereocenters. The number of amides is 1. The molecule has 0 aliphatic heterocycles. The minimum absolute atomic E-state index is 0.0884. The molecule has 3 aromatic rings. The molecule has 0 fully saturated rings. The van der Waals surface area contributed by atoms with Crippen molar-refractivity contribution in [2.75, 3.05) is 5.32 Å². The number of nitrogens with zero attached hydrogens (tertiary/aromatic N) is 4. The number of aryl methyl sites for hydroxylation is 1. The number of alkyl halides is 3. The largest absolute Gasteiger partial charge is 0.416 e. The molecule has 134 valence electrons. The smallest absolute Gasteiger partial charge is 0.322 e. The van der Waals surface area contributed by atoms with Crippen LogP contribution in [0, 0.1) is 0 Å². The van der Waals surface area contributed by atoms with E-state index >= 15 is 0 Å². The Bertz CT molecular complexity index is 965. The van der Waals surface area contributed by atoms with Crippen molar-refractivity contribution in [3.05, 3.63) is 52.2 Å². The summed E-state index contributed by atoms with van der Waals surface area (Å²) in [5.74, 6) is -0.464. The molecule has 0 bridgehead atoms. The zero-order valence-electron chi connectivity index (χ0n) is 13.2. The van der Waals surface area contributed by atoms with Gasteiger partial charge in [0.1, 0.15) is 11.3 Å². The predicted molar refractivity (Wildman–Crippen MR) is 88.5 cm³/mol. The number of thiophene rings is 1. The molecular formula is C16H12F3N5OS. The van der Waals surface area contributed by atoms with Crippen LogP contribution in [0.15, 0.2) is 30.6 Å². The Labute approximate surface area is 149 Å². The quantitative estimate of drug-likeness (QED) is 0.756. The van der Waals surface area contributed by atoms with Gasteiger partial charge in [-0.15, -0.1) is 16.4 Å². The van der Waals surface area contributed by atoms with Crippen LogP contribution in [-0.2, 0) is 19.0 Å². The van der Waals surface area contributed by atoms with Crippen LogP contribution in [0.2, 0.25) is 0 Å². The van der Waals surface area contributed by atoms with Gasteiger partial charge in [0, 0.05) is 10.6 Å². The van der Waals surface area contributed by atoms with E-state index in [2.05, 4.69) is 20.8 Å². The van der Waals surface area contributed by atoms with Crippen LogP contribution < -0.4 is 5.32 Å². The summed E-state index contributed by atoms with van der Waals surface area (Å²) in [7, 11) is 0. The first-order valence-corrected chi connectivity index (χ1v) is 8.61. The van der Waals surface area contributed by atoms with Gasteiger partial charge in [0.15, 0.2) is 0 Å². The van der Waals surface area contributed by atoms with Gasteiger partial charge in [0.2, 0.25) is 0 Å². The number of carbonyl (C=O) groups excluding carboxylic acids is 1. The lowest BCUT2D eigenvalue weighted by atomic mass is 10.1. The molecule has 2 heterocycles. The van der Waals surface area contributed by atoms with Crippen molar-refractivity contribution >= 4 is 22.9 Å². The average Bonchev–Trinajstić information content (AvgIpc) is 3.30. The van der Waals surface area contributed by atoms with Crippen molar-refractivity contribution in [3.8, 4) is 5.00 Å². The fourth-order valence-electron chi connectivity index (χ4n) is 3.01. The van der Waals surface area contributed by atoms with Crippen LogP contribution in [0.4, 0.5) is 18.9 Å². The Morgan fingerprint density at radius 3 is 2.85 bits per heavy atom. The number of nitrogens with one attached hydrogen (secondary N) is 1. The van der Waals surface area contributed by atoms with Crippen molar-refractivity contribution in [1.29, 1.82) is 0 Å². The van der Waals surface area contributed by atoms with Crippen LogP contribution >= 0.6 is 11.3 Å². The molecule has 0 atom stereocenters. The fraction of sp³-hybridized carbons (Fsp3) is 0.250. The van der Waals surface area contributed by atoms with Crippen molar-refractivity contribution in [2.24, 2.45) is 0 Å². The van der Waals surface area contributed by atoms with Crippen LogP contribution in [0.25, 0.3) is 5.00 Å².